The summed E-state index contributed by atoms with van der Waals surface area (Å²) in [6, 6.07) is 12.5. The number of benzene rings is 1. The first kappa shape index (κ1) is 20.3. The van der Waals surface area contributed by atoms with E-state index in [1.165, 1.54) is 18.9 Å². The van der Waals surface area contributed by atoms with E-state index in [-0.39, 0.29) is 11.9 Å². The van der Waals surface area contributed by atoms with Gasteiger partial charge in [0.1, 0.15) is 17.1 Å². The minimum absolute atomic E-state index is 0.238. The van der Waals surface area contributed by atoms with Gasteiger partial charge in [0.15, 0.2) is 0 Å². The highest BCUT2D eigenvalue weighted by molar-refractivity contribution is 8.00. The van der Waals surface area contributed by atoms with Crippen LogP contribution in [0.15, 0.2) is 47.5 Å². The van der Waals surface area contributed by atoms with E-state index >= 15 is 0 Å². The Kier molecular flexibility index (Phi) is 7.64. The third-order valence-corrected chi connectivity index (χ3v) is 4.76. The van der Waals surface area contributed by atoms with Gasteiger partial charge < -0.3 is 15.4 Å². The Morgan fingerprint density at radius 1 is 1.26 bits per heavy atom. The van der Waals surface area contributed by atoms with Gasteiger partial charge >= 0.3 is 5.97 Å². The van der Waals surface area contributed by atoms with Gasteiger partial charge in [-0.25, -0.2) is 4.98 Å². The maximum Gasteiger partial charge on any atom is 0.318 e. The summed E-state index contributed by atoms with van der Waals surface area (Å²) >= 11 is 1.28. The van der Waals surface area contributed by atoms with Gasteiger partial charge in [0.05, 0.1) is 18.2 Å². The highest BCUT2D eigenvalue weighted by Crippen LogP contribution is 2.27. The molecule has 0 aliphatic carbocycles. The van der Waals surface area contributed by atoms with Crippen molar-refractivity contribution >= 4 is 29.5 Å². The van der Waals surface area contributed by atoms with Gasteiger partial charge in [-0.3, -0.25) is 9.59 Å². The largest absolute Gasteiger partial charge is 0.468 e. The standard InChI is InChI=1S/C19H20N4O3S/c1-13(19(25)26-2)27-16-8-4-3-7-15(16)18(24)23-11-10-22-17-14(12-20)6-5-9-21-17/h3-9,13H,10-11H2,1-2H3,(H,21,22)(H,23,24). The number of carbonyl (C=O) groups excluding carboxylic acids is 2. The van der Waals surface area contributed by atoms with Crippen LogP contribution in [0.1, 0.15) is 22.8 Å². The van der Waals surface area contributed by atoms with E-state index in [4.69, 9.17) is 10.00 Å². The van der Waals surface area contributed by atoms with E-state index in [1.807, 2.05) is 6.07 Å². The number of thioether (sulfide) groups is 1. The molecule has 1 atom stereocenters. The Hall–Kier alpha value is -3.05. The lowest BCUT2D eigenvalue weighted by Gasteiger charge is -2.13. The molecule has 0 saturated carbocycles. The second kappa shape index (κ2) is 10.2. The van der Waals surface area contributed by atoms with Gasteiger partial charge in [0.2, 0.25) is 0 Å². The SMILES string of the molecule is COC(=O)C(C)Sc1ccccc1C(=O)NCCNc1ncccc1C#N. The van der Waals surface area contributed by atoms with E-state index in [1.54, 1.807) is 43.5 Å². The van der Waals surface area contributed by atoms with Crippen LogP contribution in [-0.2, 0) is 9.53 Å². The Balaban J connectivity index is 1.93. The molecule has 7 nitrogen and oxygen atoms in total. The molecular weight excluding hydrogens is 364 g/mol. The van der Waals surface area contributed by atoms with E-state index in [2.05, 4.69) is 21.7 Å². The van der Waals surface area contributed by atoms with Crippen LogP contribution in [0.2, 0.25) is 0 Å². The molecule has 1 aromatic carbocycles. The molecule has 27 heavy (non-hydrogen) atoms. The first-order chi connectivity index (χ1) is 13.1. The van der Waals surface area contributed by atoms with Crippen LogP contribution < -0.4 is 10.6 Å². The number of esters is 1. The molecule has 2 aromatic rings. The van der Waals surface area contributed by atoms with Gasteiger partial charge in [0.25, 0.3) is 5.91 Å². The van der Waals surface area contributed by atoms with Gasteiger partial charge in [0, 0.05) is 24.2 Å². The number of hydrogen-bond acceptors (Lipinski definition) is 7. The molecular formula is C19H20N4O3S. The molecule has 0 spiro atoms. The predicted molar refractivity (Wildman–Crippen MR) is 104 cm³/mol. The molecule has 1 amide bonds. The lowest BCUT2D eigenvalue weighted by Crippen LogP contribution is -2.29. The molecule has 0 aliphatic rings. The fraction of sp³-hybridized carbons (Fsp3) is 0.263. The van der Waals surface area contributed by atoms with Crippen molar-refractivity contribution in [3.63, 3.8) is 0 Å². The number of methoxy groups -OCH3 is 1. The van der Waals surface area contributed by atoms with Crippen molar-refractivity contribution in [2.45, 2.75) is 17.1 Å². The molecule has 8 heteroatoms. The molecule has 1 heterocycles. The molecule has 1 unspecified atom stereocenters. The molecule has 0 radical (unpaired) electrons. The third kappa shape index (κ3) is 5.72. The third-order valence-electron chi connectivity index (χ3n) is 3.60. The number of aromatic nitrogens is 1. The fourth-order valence-electron chi connectivity index (χ4n) is 2.25. The molecule has 0 aliphatic heterocycles. The molecule has 140 valence electrons. The monoisotopic (exact) mass is 384 g/mol. The Morgan fingerprint density at radius 2 is 2.04 bits per heavy atom. The molecule has 1 aromatic heterocycles. The molecule has 2 rings (SSSR count). The maximum absolute atomic E-state index is 12.5. The van der Waals surface area contributed by atoms with E-state index in [0.717, 1.165) is 0 Å². The molecule has 0 bridgehead atoms. The minimum Gasteiger partial charge on any atom is -0.468 e. The summed E-state index contributed by atoms with van der Waals surface area (Å²) in [6.45, 7) is 2.51. The smallest absolute Gasteiger partial charge is 0.318 e. The quantitative estimate of drug-likeness (QED) is 0.409. The number of nitrogens with zero attached hydrogens (tertiary/aromatic N) is 2. The Morgan fingerprint density at radius 3 is 2.78 bits per heavy atom. The number of nitrogens with one attached hydrogen (secondary N) is 2. The summed E-state index contributed by atoms with van der Waals surface area (Å²) in [4.78, 5) is 28.9. The second-order valence-electron chi connectivity index (χ2n) is 5.47. The Labute approximate surface area is 162 Å². The summed E-state index contributed by atoms with van der Waals surface area (Å²) in [5.74, 6) is -0.0985. The summed E-state index contributed by atoms with van der Waals surface area (Å²) in [5, 5.41) is 14.5. The average molecular weight is 384 g/mol. The van der Waals surface area contributed by atoms with Crippen LogP contribution in [-0.4, -0.2) is 42.3 Å². The van der Waals surface area contributed by atoms with Crippen LogP contribution in [0.25, 0.3) is 0 Å². The number of carbonyl (C=O) groups is 2. The average Bonchev–Trinajstić information content (AvgIpc) is 2.71. The van der Waals surface area contributed by atoms with Crippen LogP contribution in [0.5, 0.6) is 0 Å². The normalized spacial score (nSPS) is 11.1. The van der Waals surface area contributed by atoms with Gasteiger partial charge in [-0.1, -0.05) is 12.1 Å². The summed E-state index contributed by atoms with van der Waals surface area (Å²) in [7, 11) is 1.34. The topological polar surface area (TPSA) is 104 Å². The Bertz CT molecular complexity index is 851. The van der Waals surface area contributed by atoms with Crippen LogP contribution >= 0.6 is 11.8 Å². The molecule has 2 N–H and O–H groups in total. The second-order valence-corrected chi connectivity index (χ2v) is 6.86. The zero-order valence-corrected chi connectivity index (χ0v) is 15.9. The van der Waals surface area contributed by atoms with Crippen molar-refractivity contribution in [1.29, 1.82) is 5.26 Å². The maximum atomic E-state index is 12.5. The molecule has 0 saturated heterocycles. The van der Waals surface area contributed by atoms with Gasteiger partial charge in [-0.05, 0) is 31.2 Å². The van der Waals surface area contributed by atoms with Crippen LogP contribution in [0, 0.1) is 11.3 Å². The number of rotatable bonds is 8. The van der Waals surface area contributed by atoms with E-state index in [9.17, 15) is 9.59 Å². The number of nitriles is 1. The zero-order valence-electron chi connectivity index (χ0n) is 15.1. The zero-order chi connectivity index (χ0) is 19.6. The van der Waals surface area contributed by atoms with Crippen molar-refractivity contribution in [2.24, 2.45) is 0 Å². The lowest BCUT2D eigenvalue weighted by molar-refractivity contribution is -0.139. The summed E-state index contributed by atoms with van der Waals surface area (Å²) in [5.41, 5.74) is 0.941. The number of pyridine rings is 1. The summed E-state index contributed by atoms with van der Waals surface area (Å²) in [6.07, 6.45) is 1.59. The minimum atomic E-state index is -0.417. The van der Waals surface area contributed by atoms with Crippen molar-refractivity contribution in [2.75, 3.05) is 25.5 Å². The van der Waals surface area contributed by atoms with Crippen LogP contribution in [0.4, 0.5) is 5.82 Å². The highest BCUT2D eigenvalue weighted by atomic mass is 32.2. The van der Waals surface area contributed by atoms with E-state index < -0.39 is 5.25 Å². The fourth-order valence-corrected chi connectivity index (χ4v) is 3.27. The van der Waals surface area contributed by atoms with Crippen molar-refractivity contribution in [3.05, 3.63) is 53.7 Å². The lowest BCUT2D eigenvalue weighted by atomic mass is 10.2. The van der Waals surface area contributed by atoms with Crippen molar-refractivity contribution in [3.8, 4) is 6.07 Å². The summed E-state index contributed by atoms with van der Waals surface area (Å²) < 4.78 is 4.73. The van der Waals surface area contributed by atoms with E-state index in [0.29, 0.717) is 34.9 Å². The highest BCUT2D eigenvalue weighted by Gasteiger charge is 2.18. The first-order valence-electron chi connectivity index (χ1n) is 8.27. The van der Waals surface area contributed by atoms with Gasteiger partial charge in [-0.15, -0.1) is 11.8 Å². The predicted octanol–water partition coefficient (Wildman–Crippen LogP) is 2.45. The first-order valence-corrected chi connectivity index (χ1v) is 9.15. The van der Waals surface area contributed by atoms with Crippen molar-refractivity contribution < 1.29 is 14.3 Å². The number of ether oxygens (including phenoxy) is 1. The van der Waals surface area contributed by atoms with Crippen LogP contribution in [0.3, 0.4) is 0 Å². The number of hydrogen-bond donors (Lipinski definition) is 2. The van der Waals surface area contributed by atoms with Gasteiger partial charge in [-0.2, -0.15) is 5.26 Å². The van der Waals surface area contributed by atoms with Crippen molar-refractivity contribution in [1.82, 2.24) is 10.3 Å². The number of amides is 1. The number of anilines is 1. The molecule has 0 fully saturated rings.